The van der Waals surface area contributed by atoms with Gasteiger partial charge in [-0.15, -0.1) is 22.9 Å². The Labute approximate surface area is 108 Å². The lowest BCUT2D eigenvalue weighted by atomic mass is 10.1. The molecule has 3 aromatic rings. The number of rotatable bonds is 3. The van der Waals surface area contributed by atoms with Gasteiger partial charge in [0.15, 0.2) is 0 Å². The van der Waals surface area contributed by atoms with Crippen LogP contribution in [0.1, 0.15) is 5.01 Å². The van der Waals surface area contributed by atoms with E-state index in [9.17, 15) is 0 Å². The van der Waals surface area contributed by atoms with Gasteiger partial charge in [0.1, 0.15) is 11.8 Å². The lowest BCUT2D eigenvalue weighted by Gasteiger charge is -1.92. The van der Waals surface area contributed by atoms with Crippen LogP contribution in [0.15, 0.2) is 40.3 Å². The molecule has 3 rings (SSSR count). The van der Waals surface area contributed by atoms with E-state index in [4.69, 9.17) is 16.0 Å². The number of nitrogens with zero attached hydrogens (tertiary/aromatic N) is 1. The van der Waals surface area contributed by atoms with E-state index in [1.165, 1.54) is 0 Å². The van der Waals surface area contributed by atoms with Gasteiger partial charge in [0.05, 0.1) is 10.7 Å². The molecule has 2 aromatic heterocycles. The zero-order chi connectivity index (χ0) is 11.7. The molecular formula is C13H10ClNOS. The molecule has 0 spiro atoms. The van der Waals surface area contributed by atoms with E-state index in [0.717, 1.165) is 33.7 Å². The summed E-state index contributed by atoms with van der Waals surface area (Å²) in [5.74, 6) is 0.610. The number of alkyl halides is 1. The summed E-state index contributed by atoms with van der Waals surface area (Å²) in [6, 6.07) is 7.99. The second kappa shape index (κ2) is 4.51. The second-order valence-electron chi connectivity index (χ2n) is 3.71. The van der Waals surface area contributed by atoms with Crippen molar-refractivity contribution < 1.29 is 4.42 Å². The van der Waals surface area contributed by atoms with Crippen molar-refractivity contribution in [2.24, 2.45) is 0 Å². The number of para-hydroxylation sites is 1. The molecule has 1 aromatic carbocycles. The van der Waals surface area contributed by atoms with E-state index < -0.39 is 0 Å². The monoisotopic (exact) mass is 263 g/mol. The SMILES string of the molecule is ClCCc1nc(-c2coc3ccccc23)cs1. The predicted octanol–water partition coefficient (Wildman–Crippen LogP) is 4.34. The minimum absolute atomic E-state index is 0.610. The molecule has 0 atom stereocenters. The van der Waals surface area contributed by atoms with Gasteiger partial charge in [-0.3, -0.25) is 0 Å². The zero-order valence-electron chi connectivity index (χ0n) is 9.02. The maximum absolute atomic E-state index is 5.71. The third-order valence-corrected chi connectivity index (χ3v) is 3.71. The first-order chi connectivity index (χ1) is 8.38. The first kappa shape index (κ1) is 10.8. The number of hydrogen-bond acceptors (Lipinski definition) is 3. The maximum Gasteiger partial charge on any atom is 0.134 e. The van der Waals surface area contributed by atoms with Crippen LogP contribution in [0.5, 0.6) is 0 Å². The Bertz CT molecular complexity index is 643. The van der Waals surface area contributed by atoms with Crippen molar-refractivity contribution in [3.63, 3.8) is 0 Å². The largest absolute Gasteiger partial charge is 0.464 e. The van der Waals surface area contributed by atoms with Gasteiger partial charge < -0.3 is 4.42 Å². The van der Waals surface area contributed by atoms with Crippen LogP contribution in [-0.2, 0) is 6.42 Å². The van der Waals surface area contributed by atoms with E-state index >= 15 is 0 Å². The molecule has 0 aliphatic heterocycles. The first-order valence-electron chi connectivity index (χ1n) is 5.35. The summed E-state index contributed by atoms with van der Waals surface area (Å²) in [4.78, 5) is 4.57. The maximum atomic E-state index is 5.71. The fourth-order valence-corrected chi connectivity index (χ4v) is 2.90. The molecule has 0 aliphatic carbocycles. The van der Waals surface area contributed by atoms with Gasteiger partial charge in [-0.05, 0) is 6.07 Å². The minimum atomic E-state index is 0.610. The van der Waals surface area contributed by atoms with Crippen LogP contribution in [0.25, 0.3) is 22.2 Å². The van der Waals surface area contributed by atoms with Crippen molar-refractivity contribution >= 4 is 33.9 Å². The fraction of sp³-hybridized carbons (Fsp3) is 0.154. The molecule has 0 saturated carbocycles. The van der Waals surface area contributed by atoms with Crippen LogP contribution in [-0.4, -0.2) is 10.9 Å². The van der Waals surface area contributed by atoms with Crippen LogP contribution < -0.4 is 0 Å². The fourth-order valence-electron chi connectivity index (χ4n) is 1.81. The molecule has 0 amide bonds. The topological polar surface area (TPSA) is 26.0 Å². The molecule has 0 fully saturated rings. The number of aryl methyl sites for hydroxylation is 1. The normalized spacial score (nSPS) is 11.1. The Kier molecular flexibility index (Phi) is 2.87. The molecule has 0 saturated heterocycles. The zero-order valence-corrected chi connectivity index (χ0v) is 10.6. The summed E-state index contributed by atoms with van der Waals surface area (Å²) in [6.45, 7) is 0. The third kappa shape index (κ3) is 1.96. The van der Waals surface area contributed by atoms with E-state index in [-0.39, 0.29) is 0 Å². The number of halogens is 1. The van der Waals surface area contributed by atoms with Crippen LogP contribution in [0.2, 0.25) is 0 Å². The van der Waals surface area contributed by atoms with Gasteiger partial charge in [-0.25, -0.2) is 4.98 Å². The minimum Gasteiger partial charge on any atom is -0.464 e. The molecule has 86 valence electrons. The molecule has 0 bridgehead atoms. The highest BCUT2D eigenvalue weighted by atomic mass is 35.5. The second-order valence-corrected chi connectivity index (χ2v) is 5.03. The van der Waals surface area contributed by atoms with Crippen molar-refractivity contribution in [1.29, 1.82) is 0 Å². The number of fused-ring (bicyclic) bond motifs is 1. The van der Waals surface area contributed by atoms with Gasteiger partial charge >= 0.3 is 0 Å². The molecule has 0 N–H and O–H groups in total. The first-order valence-corrected chi connectivity index (χ1v) is 6.77. The van der Waals surface area contributed by atoms with Crippen LogP contribution in [0.3, 0.4) is 0 Å². The highest BCUT2D eigenvalue weighted by Crippen LogP contribution is 2.31. The van der Waals surface area contributed by atoms with Gasteiger partial charge in [0.25, 0.3) is 0 Å². The van der Waals surface area contributed by atoms with Gasteiger partial charge in [-0.1, -0.05) is 18.2 Å². The lowest BCUT2D eigenvalue weighted by Crippen LogP contribution is -1.84. The average Bonchev–Trinajstić information content (AvgIpc) is 2.95. The van der Waals surface area contributed by atoms with E-state index in [2.05, 4.69) is 16.4 Å². The molecule has 0 aliphatic rings. The van der Waals surface area contributed by atoms with Crippen LogP contribution in [0.4, 0.5) is 0 Å². The summed E-state index contributed by atoms with van der Waals surface area (Å²) in [6.07, 6.45) is 2.59. The molecule has 0 unspecified atom stereocenters. The van der Waals surface area contributed by atoms with Gasteiger partial charge in [0.2, 0.25) is 0 Å². The number of hydrogen-bond donors (Lipinski definition) is 0. The van der Waals surface area contributed by atoms with E-state index in [1.807, 2.05) is 18.2 Å². The highest BCUT2D eigenvalue weighted by molar-refractivity contribution is 7.10. The number of thiazole rings is 1. The van der Waals surface area contributed by atoms with Crippen molar-refractivity contribution in [3.8, 4) is 11.3 Å². The summed E-state index contributed by atoms with van der Waals surface area (Å²) in [5.41, 5.74) is 2.92. The molecule has 0 radical (unpaired) electrons. The van der Waals surface area contributed by atoms with Crippen molar-refractivity contribution in [2.45, 2.75) is 6.42 Å². The molecule has 2 nitrogen and oxygen atoms in total. The summed E-state index contributed by atoms with van der Waals surface area (Å²) in [5, 5.41) is 4.23. The lowest BCUT2D eigenvalue weighted by molar-refractivity contribution is 0.617. The Morgan fingerprint density at radius 3 is 3.06 bits per heavy atom. The molecular weight excluding hydrogens is 254 g/mol. The van der Waals surface area contributed by atoms with Crippen LogP contribution >= 0.6 is 22.9 Å². The smallest absolute Gasteiger partial charge is 0.134 e. The molecule has 4 heteroatoms. The van der Waals surface area contributed by atoms with Crippen molar-refractivity contribution in [2.75, 3.05) is 5.88 Å². The van der Waals surface area contributed by atoms with Crippen molar-refractivity contribution in [3.05, 3.63) is 40.9 Å². The summed E-state index contributed by atoms with van der Waals surface area (Å²) in [7, 11) is 0. The number of benzene rings is 1. The quantitative estimate of drug-likeness (QED) is 0.657. The summed E-state index contributed by atoms with van der Waals surface area (Å²) >= 11 is 7.36. The van der Waals surface area contributed by atoms with E-state index in [1.54, 1.807) is 17.6 Å². The molecule has 2 heterocycles. The standard InChI is InChI=1S/C13H10ClNOS/c14-6-5-13-15-11(8-17-13)10-7-16-12-4-2-1-3-9(10)12/h1-4,7-8H,5-6H2. The van der Waals surface area contributed by atoms with Crippen LogP contribution in [0, 0.1) is 0 Å². The summed E-state index contributed by atoms with van der Waals surface area (Å²) < 4.78 is 5.51. The predicted molar refractivity (Wildman–Crippen MR) is 71.7 cm³/mol. The Morgan fingerprint density at radius 1 is 1.29 bits per heavy atom. The third-order valence-electron chi connectivity index (χ3n) is 2.62. The molecule has 17 heavy (non-hydrogen) atoms. The van der Waals surface area contributed by atoms with E-state index in [0.29, 0.717) is 5.88 Å². The highest BCUT2D eigenvalue weighted by Gasteiger charge is 2.10. The Morgan fingerprint density at radius 2 is 2.18 bits per heavy atom. The van der Waals surface area contributed by atoms with Crippen molar-refractivity contribution in [1.82, 2.24) is 4.98 Å². The number of furan rings is 1. The average molecular weight is 264 g/mol. The number of aromatic nitrogens is 1. The van der Waals surface area contributed by atoms with Gasteiger partial charge in [0, 0.05) is 28.6 Å². The Balaban J connectivity index is 2.07. The Hall–Kier alpha value is -1.32. The van der Waals surface area contributed by atoms with Gasteiger partial charge in [-0.2, -0.15) is 0 Å².